The standard InChI is InChI=1S/C23H26O5/c1-15-11-17(3)21(12-16(15)2)22(24)14-28-23(25)18-6-8-19(9-7-18)27-13-20-5-4-10-26-20/h6-9,11-12,20H,4-5,10,13-14H2,1-3H3. The van der Waals surface area contributed by atoms with Crippen LogP contribution in [0.25, 0.3) is 0 Å². The van der Waals surface area contributed by atoms with Gasteiger partial charge in [-0.3, -0.25) is 4.79 Å². The van der Waals surface area contributed by atoms with Crippen molar-refractivity contribution in [2.24, 2.45) is 0 Å². The van der Waals surface area contributed by atoms with Crippen molar-refractivity contribution in [1.82, 2.24) is 0 Å². The molecule has 2 aromatic rings. The van der Waals surface area contributed by atoms with Crippen LogP contribution in [-0.4, -0.2) is 37.7 Å². The van der Waals surface area contributed by atoms with Crippen molar-refractivity contribution in [3.05, 3.63) is 64.2 Å². The van der Waals surface area contributed by atoms with Crippen LogP contribution in [-0.2, 0) is 9.47 Å². The summed E-state index contributed by atoms with van der Waals surface area (Å²) in [6.07, 6.45) is 2.22. The van der Waals surface area contributed by atoms with Crippen molar-refractivity contribution in [2.45, 2.75) is 39.7 Å². The number of Topliss-reactive ketones (excluding diaryl/α,β-unsaturated/α-hetero) is 1. The predicted molar refractivity (Wildman–Crippen MR) is 106 cm³/mol. The molecule has 1 aliphatic rings. The second kappa shape index (κ2) is 9.02. The Labute approximate surface area is 165 Å². The average molecular weight is 382 g/mol. The fourth-order valence-corrected chi connectivity index (χ4v) is 3.21. The van der Waals surface area contributed by atoms with E-state index in [4.69, 9.17) is 14.2 Å². The van der Waals surface area contributed by atoms with E-state index in [1.54, 1.807) is 24.3 Å². The van der Waals surface area contributed by atoms with Crippen LogP contribution in [0.2, 0.25) is 0 Å². The smallest absolute Gasteiger partial charge is 0.338 e. The molecule has 0 spiro atoms. The number of aryl methyl sites for hydroxylation is 3. The number of hydrogen-bond donors (Lipinski definition) is 0. The number of hydrogen-bond acceptors (Lipinski definition) is 5. The molecule has 28 heavy (non-hydrogen) atoms. The van der Waals surface area contributed by atoms with Crippen molar-refractivity contribution in [3.8, 4) is 5.75 Å². The number of rotatable bonds is 7. The number of carbonyl (C=O) groups excluding carboxylic acids is 2. The van der Waals surface area contributed by atoms with E-state index < -0.39 is 5.97 Å². The van der Waals surface area contributed by atoms with Gasteiger partial charge >= 0.3 is 5.97 Å². The van der Waals surface area contributed by atoms with Gasteiger partial charge in [0, 0.05) is 12.2 Å². The number of carbonyl (C=O) groups is 2. The first kappa shape index (κ1) is 20.1. The summed E-state index contributed by atoms with van der Waals surface area (Å²) in [6, 6.07) is 10.5. The first-order chi connectivity index (χ1) is 13.4. The second-order valence-corrected chi connectivity index (χ2v) is 7.22. The molecule has 0 aliphatic carbocycles. The van der Waals surface area contributed by atoms with E-state index >= 15 is 0 Å². The van der Waals surface area contributed by atoms with Crippen molar-refractivity contribution < 1.29 is 23.8 Å². The van der Waals surface area contributed by atoms with Crippen LogP contribution in [0.4, 0.5) is 0 Å². The quantitative estimate of drug-likeness (QED) is 0.530. The summed E-state index contributed by atoms with van der Waals surface area (Å²) in [4.78, 5) is 24.7. The van der Waals surface area contributed by atoms with E-state index in [1.807, 2.05) is 32.9 Å². The summed E-state index contributed by atoms with van der Waals surface area (Å²) >= 11 is 0. The minimum atomic E-state index is -0.527. The van der Waals surface area contributed by atoms with Crippen molar-refractivity contribution in [3.63, 3.8) is 0 Å². The van der Waals surface area contributed by atoms with Gasteiger partial charge in [0.2, 0.25) is 5.78 Å². The lowest BCUT2D eigenvalue weighted by atomic mass is 9.98. The SMILES string of the molecule is Cc1cc(C)c(C(=O)COC(=O)c2ccc(OCC3CCCO3)cc2)cc1C. The summed E-state index contributed by atoms with van der Waals surface area (Å²) in [6.45, 7) is 6.87. The van der Waals surface area contributed by atoms with Gasteiger partial charge in [0.05, 0.1) is 11.7 Å². The Kier molecular flexibility index (Phi) is 6.47. The zero-order valence-electron chi connectivity index (χ0n) is 16.6. The number of ether oxygens (including phenoxy) is 3. The van der Waals surface area contributed by atoms with Gasteiger partial charge in [-0.15, -0.1) is 0 Å². The molecule has 5 heteroatoms. The normalized spacial score (nSPS) is 16.0. The van der Waals surface area contributed by atoms with E-state index in [2.05, 4.69) is 0 Å². The van der Waals surface area contributed by atoms with E-state index in [0.717, 1.165) is 36.1 Å². The van der Waals surface area contributed by atoms with E-state index in [1.165, 1.54) is 0 Å². The van der Waals surface area contributed by atoms with Gasteiger partial charge in [-0.25, -0.2) is 4.79 Å². The maximum absolute atomic E-state index is 12.4. The molecule has 1 saturated heterocycles. The first-order valence-electron chi connectivity index (χ1n) is 9.56. The van der Waals surface area contributed by atoms with Crippen LogP contribution in [0.5, 0.6) is 5.75 Å². The lowest BCUT2D eigenvalue weighted by molar-refractivity contribution is 0.0474. The highest BCUT2D eigenvalue weighted by Crippen LogP contribution is 2.18. The lowest BCUT2D eigenvalue weighted by Crippen LogP contribution is -2.16. The molecule has 0 saturated carbocycles. The third kappa shape index (κ3) is 4.98. The van der Waals surface area contributed by atoms with Crippen LogP contribution in [0, 0.1) is 20.8 Å². The second-order valence-electron chi connectivity index (χ2n) is 7.22. The summed E-state index contributed by atoms with van der Waals surface area (Å²) in [5.41, 5.74) is 4.03. The Morgan fingerprint density at radius 2 is 1.75 bits per heavy atom. The minimum absolute atomic E-state index is 0.143. The molecule has 0 N–H and O–H groups in total. The molecule has 2 aromatic carbocycles. The molecular formula is C23H26O5. The largest absolute Gasteiger partial charge is 0.491 e. The average Bonchev–Trinajstić information content (AvgIpc) is 3.21. The third-order valence-electron chi connectivity index (χ3n) is 5.03. The first-order valence-corrected chi connectivity index (χ1v) is 9.56. The minimum Gasteiger partial charge on any atom is -0.491 e. The summed E-state index contributed by atoms with van der Waals surface area (Å²) in [7, 11) is 0. The van der Waals surface area contributed by atoms with Gasteiger partial charge in [-0.1, -0.05) is 6.07 Å². The molecule has 1 aliphatic heterocycles. The topological polar surface area (TPSA) is 61.8 Å². The Morgan fingerprint density at radius 3 is 2.43 bits per heavy atom. The number of benzene rings is 2. The Hall–Kier alpha value is -2.66. The van der Waals surface area contributed by atoms with Crippen molar-refractivity contribution >= 4 is 11.8 Å². The van der Waals surface area contributed by atoms with Crippen LogP contribution >= 0.6 is 0 Å². The number of ketones is 1. The molecule has 1 unspecified atom stereocenters. The molecule has 1 fully saturated rings. The third-order valence-corrected chi connectivity index (χ3v) is 5.03. The Balaban J connectivity index is 1.53. The summed E-state index contributed by atoms with van der Waals surface area (Å²) in [5.74, 6) is -0.0557. The molecule has 0 amide bonds. The van der Waals surface area contributed by atoms with Crippen LogP contribution in [0.15, 0.2) is 36.4 Å². The van der Waals surface area contributed by atoms with E-state index in [-0.39, 0.29) is 18.5 Å². The molecular weight excluding hydrogens is 356 g/mol. The maximum atomic E-state index is 12.4. The molecule has 5 nitrogen and oxygen atoms in total. The molecule has 3 rings (SSSR count). The van der Waals surface area contributed by atoms with Gasteiger partial charge in [0.15, 0.2) is 6.61 Å². The predicted octanol–water partition coefficient (Wildman–Crippen LogP) is 4.21. The van der Waals surface area contributed by atoms with Crippen molar-refractivity contribution in [1.29, 1.82) is 0 Å². The zero-order valence-corrected chi connectivity index (χ0v) is 16.6. The Morgan fingerprint density at radius 1 is 1.04 bits per heavy atom. The number of esters is 1. The summed E-state index contributed by atoms with van der Waals surface area (Å²) < 4.78 is 16.4. The van der Waals surface area contributed by atoms with E-state index in [0.29, 0.717) is 23.5 Å². The van der Waals surface area contributed by atoms with Gasteiger partial charge in [0.1, 0.15) is 12.4 Å². The zero-order chi connectivity index (χ0) is 20.1. The van der Waals surface area contributed by atoms with E-state index in [9.17, 15) is 9.59 Å². The van der Waals surface area contributed by atoms with Gasteiger partial charge in [-0.2, -0.15) is 0 Å². The molecule has 148 valence electrons. The Bertz CT molecular complexity index is 848. The lowest BCUT2D eigenvalue weighted by Gasteiger charge is -2.12. The van der Waals surface area contributed by atoms with Gasteiger partial charge in [-0.05, 0) is 80.6 Å². The fourth-order valence-electron chi connectivity index (χ4n) is 3.21. The molecule has 0 aromatic heterocycles. The molecule has 1 atom stereocenters. The fraction of sp³-hybridized carbons (Fsp3) is 0.391. The molecule has 1 heterocycles. The highest BCUT2D eigenvalue weighted by atomic mass is 16.5. The van der Waals surface area contributed by atoms with Crippen LogP contribution in [0.1, 0.15) is 50.2 Å². The highest BCUT2D eigenvalue weighted by Gasteiger charge is 2.17. The van der Waals surface area contributed by atoms with Gasteiger partial charge < -0.3 is 14.2 Å². The molecule has 0 bridgehead atoms. The van der Waals surface area contributed by atoms with Crippen molar-refractivity contribution in [2.75, 3.05) is 19.8 Å². The van der Waals surface area contributed by atoms with Crippen LogP contribution in [0.3, 0.4) is 0 Å². The highest BCUT2D eigenvalue weighted by molar-refractivity contribution is 6.00. The summed E-state index contributed by atoms with van der Waals surface area (Å²) in [5, 5.41) is 0. The van der Waals surface area contributed by atoms with Crippen LogP contribution < -0.4 is 4.74 Å². The maximum Gasteiger partial charge on any atom is 0.338 e. The monoisotopic (exact) mass is 382 g/mol. The van der Waals surface area contributed by atoms with Gasteiger partial charge in [0.25, 0.3) is 0 Å². The molecule has 0 radical (unpaired) electrons.